The lowest BCUT2D eigenvalue weighted by Gasteiger charge is -2.14. The van der Waals surface area contributed by atoms with Gasteiger partial charge in [0.2, 0.25) is 5.91 Å². The minimum Gasteiger partial charge on any atom is -0.378 e. The van der Waals surface area contributed by atoms with Gasteiger partial charge in [0.1, 0.15) is 0 Å². The molecule has 0 aliphatic heterocycles. The van der Waals surface area contributed by atoms with Crippen LogP contribution in [0.4, 0.5) is 0 Å². The first kappa shape index (κ1) is 14.2. The summed E-state index contributed by atoms with van der Waals surface area (Å²) in [6, 6.07) is 0. The molecule has 0 saturated heterocycles. The van der Waals surface area contributed by atoms with Crippen LogP contribution in [0.15, 0.2) is 12.7 Å². The van der Waals surface area contributed by atoms with Crippen molar-refractivity contribution in [2.75, 3.05) is 13.2 Å². The van der Waals surface area contributed by atoms with Crippen molar-refractivity contribution in [1.82, 2.24) is 5.32 Å². The third-order valence-electron chi connectivity index (χ3n) is 2.16. The highest BCUT2D eigenvalue weighted by Crippen LogP contribution is 2.09. The van der Waals surface area contributed by atoms with E-state index in [1.165, 1.54) is 0 Å². The second-order valence-electron chi connectivity index (χ2n) is 3.58. The Morgan fingerprint density at radius 1 is 1.53 bits per heavy atom. The van der Waals surface area contributed by atoms with E-state index in [1.807, 2.05) is 13.0 Å². The Bertz CT molecular complexity index is 180. The van der Waals surface area contributed by atoms with E-state index >= 15 is 0 Å². The lowest BCUT2D eigenvalue weighted by atomic mass is 10.1. The van der Waals surface area contributed by atoms with Gasteiger partial charge in [-0.3, -0.25) is 4.79 Å². The molecule has 15 heavy (non-hydrogen) atoms. The largest absolute Gasteiger partial charge is 0.378 e. The number of ether oxygens (including phenoxy) is 1. The van der Waals surface area contributed by atoms with Gasteiger partial charge < -0.3 is 10.1 Å². The number of rotatable bonds is 9. The van der Waals surface area contributed by atoms with Crippen LogP contribution >= 0.6 is 0 Å². The van der Waals surface area contributed by atoms with Crippen LogP contribution < -0.4 is 5.32 Å². The van der Waals surface area contributed by atoms with Gasteiger partial charge in [0.25, 0.3) is 0 Å². The zero-order chi connectivity index (χ0) is 11.5. The molecule has 3 heteroatoms. The highest BCUT2D eigenvalue weighted by molar-refractivity contribution is 5.72. The maximum atomic E-state index is 10.6. The molecule has 1 unspecified atom stereocenters. The monoisotopic (exact) mass is 213 g/mol. The topological polar surface area (TPSA) is 38.3 Å². The average molecular weight is 213 g/mol. The van der Waals surface area contributed by atoms with E-state index < -0.39 is 0 Å². The van der Waals surface area contributed by atoms with E-state index in [0.717, 1.165) is 38.8 Å². The third-order valence-corrected chi connectivity index (χ3v) is 2.16. The van der Waals surface area contributed by atoms with Crippen LogP contribution in [-0.4, -0.2) is 25.2 Å². The van der Waals surface area contributed by atoms with Gasteiger partial charge in [-0.1, -0.05) is 6.08 Å². The molecular formula is C12H23NO2. The Morgan fingerprint density at radius 2 is 2.27 bits per heavy atom. The van der Waals surface area contributed by atoms with Gasteiger partial charge in [0, 0.05) is 20.1 Å². The smallest absolute Gasteiger partial charge is 0.216 e. The van der Waals surface area contributed by atoms with E-state index in [4.69, 9.17) is 4.74 Å². The second-order valence-corrected chi connectivity index (χ2v) is 3.58. The van der Waals surface area contributed by atoms with Crippen LogP contribution in [0.1, 0.15) is 39.5 Å². The van der Waals surface area contributed by atoms with E-state index in [-0.39, 0.29) is 5.91 Å². The molecule has 0 bridgehead atoms. The zero-order valence-electron chi connectivity index (χ0n) is 9.92. The molecule has 0 spiro atoms. The summed E-state index contributed by atoms with van der Waals surface area (Å²) in [6.07, 6.45) is 6.24. The van der Waals surface area contributed by atoms with Gasteiger partial charge in [-0.2, -0.15) is 0 Å². The zero-order valence-corrected chi connectivity index (χ0v) is 9.92. The maximum Gasteiger partial charge on any atom is 0.216 e. The van der Waals surface area contributed by atoms with Crippen LogP contribution in [0.5, 0.6) is 0 Å². The molecule has 0 aromatic heterocycles. The molecule has 0 aliphatic carbocycles. The van der Waals surface area contributed by atoms with E-state index in [0.29, 0.717) is 6.10 Å². The van der Waals surface area contributed by atoms with E-state index in [1.54, 1.807) is 6.92 Å². The highest BCUT2D eigenvalue weighted by atomic mass is 16.5. The van der Waals surface area contributed by atoms with Gasteiger partial charge in [-0.05, 0) is 32.6 Å². The standard InChI is InChI=1S/C12H23NO2/c1-4-8-12(15-5-2)9-6-7-10-13-11(3)14/h4,12H,1,5-10H2,2-3H3,(H,13,14). The Labute approximate surface area is 92.9 Å². The van der Waals surface area contributed by atoms with Crippen molar-refractivity contribution in [3.05, 3.63) is 12.7 Å². The molecule has 0 saturated carbocycles. The van der Waals surface area contributed by atoms with Gasteiger partial charge in [-0.15, -0.1) is 6.58 Å². The quantitative estimate of drug-likeness (QED) is 0.471. The molecule has 1 amide bonds. The first-order valence-corrected chi connectivity index (χ1v) is 5.67. The molecular weight excluding hydrogens is 190 g/mol. The molecule has 88 valence electrons. The lowest BCUT2D eigenvalue weighted by molar-refractivity contribution is -0.118. The number of hydrogen-bond acceptors (Lipinski definition) is 2. The van der Waals surface area contributed by atoms with Crippen LogP contribution in [0.3, 0.4) is 0 Å². The molecule has 0 aliphatic rings. The normalized spacial score (nSPS) is 12.1. The second kappa shape index (κ2) is 9.71. The summed E-state index contributed by atoms with van der Waals surface area (Å²) in [5.74, 6) is 0.0439. The predicted molar refractivity (Wildman–Crippen MR) is 62.8 cm³/mol. The Kier molecular flexibility index (Phi) is 9.18. The van der Waals surface area contributed by atoms with Crippen molar-refractivity contribution < 1.29 is 9.53 Å². The Balaban J connectivity index is 3.43. The molecule has 0 radical (unpaired) electrons. The number of amides is 1. The summed E-state index contributed by atoms with van der Waals surface area (Å²) in [5.41, 5.74) is 0. The van der Waals surface area contributed by atoms with Crippen molar-refractivity contribution >= 4 is 5.91 Å². The number of carbonyl (C=O) groups is 1. The van der Waals surface area contributed by atoms with Gasteiger partial charge >= 0.3 is 0 Å². The molecule has 1 N–H and O–H groups in total. The minimum atomic E-state index is 0.0439. The van der Waals surface area contributed by atoms with Crippen molar-refractivity contribution in [3.8, 4) is 0 Å². The number of unbranched alkanes of at least 4 members (excludes halogenated alkanes) is 1. The minimum absolute atomic E-state index is 0.0439. The molecule has 0 fully saturated rings. The van der Waals surface area contributed by atoms with Gasteiger partial charge in [0.05, 0.1) is 6.10 Å². The van der Waals surface area contributed by atoms with Crippen molar-refractivity contribution in [3.63, 3.8) is 0 Å². The Morgan fingerprint density at radius 3 is 2.80 bits per heavy atom. The first-order chi connectivity index (χ1) is 7.20. The van der Waals surface area contributed by atoms with Crippen molar-refractivity contribution in [1.29, 1.82) is 0 Å². The van der Waals surface area contributed by atoms with Crippen LogP contribution in [-0.2, 0) is 9.53 Å². The molecule has 3 nitrogen and oxygen atoms in total. The number of hydrogen-bond donors (Lipinski definition) is 1. The molecule has 0 aromatic carbocycles. The van der Waals surface area contributed by atoms with Crippen molar-refractivity contribution in [2.24, 2.45) is 0 Å². The van der Waals surface area contributed by atoms with Crippen molar-refractivity contribution in [2.45, 2.75) is 45.6 Å². The molecule has 0 rings (SSSR count). The third kappa shape index (κ3) is 9.47. The van der Waals surface area contributed by atoms with E-state index in [2.05, 4.69) is 11.9 Å². The predicted octanol–water partition coefficient (Wildman–Crippen LogP) is 2.27. The summed E-state index contributed by atoms with van der Waals surface area (Å²) < 4.78 is 5.55. The van der Waals surface area contributed by atoms with Crippen LogP contribution in [0.2, 0.25) is 0 Å². The fraction of sp³-hybridized carbons (Fsp3) is 0.750. The summed E-state index contributed by atoms with van der Waals surface area (Å²) >= 11 is 0. The first-order valence-electron chi connectivity index (χ1n) is 5.67. The summed E-state index contributed by atoms with van der Waals surface area (Å²) in [6.45, 7) is 8.78. The number of carbonyl (C=O) groups excluding carboxylic acids is 1. The van der Waals surface area contributed by atoms with Crippen LogP contribution in [0, 0.1) is 0 Å². The van der Waals surface area contributed by atoms with E-state index in [9.17, 15) is 4.79 Å². The highest BCUT2D eigenvalue weighted by Gasteiger charge is 2.05. The van der Waals surface area contributed by atoms with Crippen LogP contribution in [0.25, 0.3) is 0 Å². The van der Waals surface area contributed by atoms with Gasteiger partial charge in [0.15, 0.2) is 0 Å². The molecule has 0 heterocycles. The summed E-state index contributed by atoms with van der Waals surface area (Å²) in [4.78, 5) is 10.6. The average Bonchev–Trinajstić information content (AvgIpc) is 2.17. The summed E-state index contributed by atoms with van der Waals surface area (Å²) in [7, 11) is 0. The molecule has 1 atom stereocenters. The number of nitrogens with one attached hydrogen (secondary N) is 1. The maximum absolute atomic E-state index is 10.6. The lowest BCUT2D eigenvalue weighted by Crippen LogP contribution is -2.21. The summed E-state index contributed by atoms with van der Waals surface area (Å²) in [5, 5.41) is 2.78. The fourth-order valence-electron chi connectivity index (χ4n) is 1.45. The fourth-order valence-corrected chi connectivity index (χ4v) is 1.45. The molecule has 0 aromatic rings. The Hall–Kier alpha value is -0.830. The SMILES string of the molecule is C=CCC(CCCCNC(C)=O)OCC. The van der Waals surface area contributed by atoms with Gasteiger partial charge in [-0.25, -0.2) is 0 Å².